The van der Waals surface area contributed by atoms with Crippen molar-refractivity contribution in [3.8, 4) is 0 Å². The summed E-state index contributed by atoms with van der Waals surface area (Å²) < 4.78 is 0. The molecule has 84 valence electrons. The molecule has 0 spiro atoms. The van der Waals surface area contributed by atoms with E-state index >= 15 is 0 Å². The van der Waals surface area contributed by atoms with Crippen molar-refractivity contribution in [2.45, 2.75) is 33.3 Å². The van der Waals surface area contributed by atoms with Crippen LogP contribution in [0.1, 0.15) is 30.5 Å². The molecule has 0 aliphatic rings. The van der Waals surface area contributed by atoms with E-state index in [9.17, 15) is 5.11 Å². The Morgan fingerprint density at radius 1 is 1.33 bits per heavy atom. The maximum atomic E-state index is 10.4. The molecule has 2 nitrogen and oxygen atoms in total. The molecule has 0 amide bonds. The molecule has 1 aromatic rings. The fourth-order valence-corrected chi connectivity index (χ4v) is 1.78. The molecule has 0 heterocycles. The first kappa shape index (κ1) is 12.2. The number of nitrogens with one attached hydrogen (secondary N) is 1. The summed E-state index contributed by atoms with van der Waals surface area (Å²) in [6.07, 6.45) is 0. The van der Waals surface area contributed by atoms with Crippen LogP contribution >= 0.6 is 0 Å². The smallest absolute Gasteiger partial charge is 0.0994 e. The van der Waals surface area contributed by atoms with Crippen molar-refractivity contribution in [1.29, 1.82) is 0 Å². The van der Waals surface area contributed by atoms with Gasteiger partial charge in [-0.05, 0) is 38.4 Å². The molecule has 1 atom stereocenters. The maximum absolute atomic E-state index is 10.4. The molecular weight excluding hydrogens is 186 g/mol. The van der Waals surface area contributed by atoms with Gasteiger partial charge in [-0.1, -0.05) is 30.7 Å². The van der Waals surface area contributed by atoms with Crippen LogP contribution in [0, 0.1) is 13.8 Å². The van der Waals surface area contributed by atoms with Gasteiger partial charge in [-0.2, -0.15) is 0 Å². The second kappa shape index (κ2) is 4.77. The van der Waals surface area contributed by atoms with Crippen LogP contribution < -0.4 is 5.32 Å². The first-order valence-electron chi connectivity index (χ1n) is 5.48. The zero-order valence-corrected chi connectivity index (χ0v) is 10.1. The van der Waals surface area contributed by atoms with Gasteiger partial charge in [-0.3, -0.25) is 0 Å². The van der Waals surface area contributed by atoms with E-state index in [1.54, 1.807) is 0 Å². The van der Waals surface area contributed by atoms with Crippen LogP contribution in [0.15, 0.2) is 18.2 Å². The molecule has 0 saturated heterocycles. The van der Waals surface area contributed by atoms with E-state index in [4.69, 9.17) is 0 Å². The third kappa shape index (κ3) is 3.05. The molecule has 0 aliphatic heterocycles. The molecule has 15 heavy (non-hydrogen) atoms. The summed E-state index contributed by atoms with van der Waals surface area (Å²) in [5, 5.41) is 13.5. The number of rotatable bonds is 4. The second-order valence-electron chi connectivity index (χ2n) is 4.37. The summed E-state index contributed by atoms with van der Waals surface area (Å²) in [6, 6.07) is 6.19. The van der Waals surface area contributed by atoms with E-state index in [1.807, 2.05) is 27.7 Å². The van der Waals surface area contributed by atoms with E-state index < -0.39 is 5.60 Å². The highest BCUT2D eigenvalue weighted by molar-refractivity contribution is 5.34. The van der Waals surface area contributed by atoms with Gasteiger partial charge >= 0.3 is 0 Å². The minimum Gasteiger partial charge on any atom is -0.384 e. The van der Waals surface area contributed by atoms with Crippen LogP contribution in [0.25, 0.3) is 0 Å². The largest absolute Gasteiger partial charge is 0.384 e. The zero-order valence-electron chi connectivity index (χ0n) is 10.1. The fourth-order valence-electron chi connectivity index (χ4n) is 1.78. The Bertz CT molecular complexity index is 331. The zero-order chi connectivity index (χ0) is 11.5. The van der Waals surface area contributed by atoms with Gasteiger partial charge in [0.05, 0.1) is 5.60 Å². The van der Waals surface area contributed by atoms with Crippen molar-refractivity contribution in [2.75, 3.05) is 13.1 Å². The van der Waals surface area contributed by atoms with Gasteiger partial charge in [0.1, 0.15) is 0 Å². The van der Waals surface area contributed by atoms with E-state index in [2.05, 4.69) is 23.5 Å². The van der Waals surface area contributed by atoms with Gasteiger partial charge in [-0.15, -0.1) is 0 Å². The quantitative estimate of drug-likeness (QED) is 0.792. The average molecular weight is 207 g/mol. The lowest BCUT2D eigenvalue weighted by atomic mass is 9.90. The van der Waals surface area contributed by atoms with Crippen molar-refractivity contribution < 1.29 is 5.11 Å². The molecule has 2 heteroatoms. The molecule has 0 saturated carbocycles. The summed E-state index contributed by atoms with van der Waals surface area (Å²) in [5.41, 5.74) is 2.56. The minimum atomic E-state index is -0.786. The lowest BCUT2D eigenvalue weighted by Crippen LogP contribution is -2.35. The first-order chi connectivity index (χ1) is 6.97. The van der Waals surface area contributed by atoms with E-state index in [0.29, 0.717) is 6.54 Å². The molecular formula is C13H21NO. The third-order valence-electron chi connectivity index (χ3n) is 2.69. The average Bonchev–Trinajstić information content (AvgIpc) is 2.18. The number of aliphatic hydroxyl groups is 1. The fraction of sp³-hybridized carbons (Fsp3) is 0.538. The van der Waals surface area contributed by atoms with Gasteiger partial charge in [0.15, 0.2) is 0 Å². The molecule has 0 bridgehead atoms. The third-order valence-corrected chi connectivity index (χ3v) is 2.69. The molecule has 2 N–H and O–H groups in total. The predicted octanol–water partition coefficient (Wildman–Crippen LogP) is 2.12. The monoisotopic (exact) mass is 207 g/mol. The van der Waals surface area contributed by atoms with Crippen LogP contribution in [-0.4, -0.2) is 18.2 Å². The lowest BCUT2D eigenvalue weighted by molar-refractivity contribution is 0.0569. The lowest BCUT2D eigenvalue weighted by Gasteiger charge is -2.26. The first-order valence-corrected chi connectivity index (χ1v) is 5.48. The van der Waals surface area contributed by atoms with Crippen molar-refractivity contribution >= 4 is 0 Å². The molecule has 0 radical (unpaired) electrons. The Labute approximate surface area is 92.3 Å². The van der Waals surface area contributed by atoms with Crippen LogP contribution in [0.4, 0.5) is 0 Å². The van der Waals surface area contributed by atoms with Gasteiger partial charge in [-0.25, -0.2) is 0 Å². The van der Waals surface area contributed by atoms with Crippen LogP contribution in [0.5, 0.6) is 0 Å². The van der Waals surface area contributed by atoms with Crippen LogP contribution in [-0.2, 0) is 5.60 Å². The molecule has 0 fully saturated rings. The Balaban J connectivity index is 2.97. The summed E-state index contributed by atoms with van der Waals surface area (Å²) in [4.78, 5) is 0. The highest BCUT2D eigenvalue weighted by atomic mass is 16.3. The molecule has 1 unspecified atom stereocenters. The Hall–Kier alpha value is -0.860. The minimum absolute atomic E-state index is 0.591. The second-order valence-corrected chi connectivity index (χ2v) is 4.37. The molecule has 0 aromatic heterocycles. The number of likely N-dealkylation sites (N-methyl/N-ethyl adjacent to an activating group) is 1. The maximum Gasteiger partial charge on any atom is 0.0994 e. The van der Waals surface area contributed by atoms with Gasteiger partial charge in [0, 0.05) is 6.54 Å². The Morgan fingerprint density at radius 3 is 2.60 bits per heavy atom. The summed E-state index contributed by atoms with van der Waals surface area (Å²) in [6.45, 7) is 9.45. The van der Waals surface area contributed by atoms with Crippen molar-refractivity contribution in [3.05, 3.63) is 34.9 Å². The van der Waals surface area contributed by atoms with Crippen molar-refractivity contribution in [2.24, 2.45) is 0 Å². The van der Waals surface area contributed by atoms with Crippen molar-refractivity contribution in [1.82, 2.24) is 5.32 Å². The number of aryl methyl sites for hydroxylation is 2. The van der Waals surface area contributed by atoms with E-state index in [-0.39, 0.29) is 0 Å². The normalized spacial score (nSPS) is 15.0. The van der Waals surface area contributed by atoms with E-state index in [1.165, 1.54) is 5.56 Å². The molecule has 0 aliphatic carbocycles. The Morgan fingerprint density at radius 2 is 2.00 bits per heavy atom. The van der Waals surface area contributed by atoms with Gasteiger partial charge in [0.25, 0.3) is 0 Å². The summed E-state index contributed by atoms with van der Waals surface area (Å²) in [5.74, 6) is 0. The predicted molar refractivity (Wildman–Crippen MR) is 64.0 cm³/mol. The van der Waals surface area contributed by atoms with Crippen LogP contribution in [0.2, 0.25) is 0 Å². The Kier molecular flexibility index (Phi) is 3.89. The van der Waals surface area contributed by atoms with Gasteiger partial charge in [0.2, 0.25) is 0 Å². The van der Waals surface area contributed by atoms with Crippen LogP contribution in [0.3, 0.4) is 0 Å². The standard InChI is InChI=1S/C13H21NO/c1-5-14-9-13(4,15)12-8-10(2)6-7-11(12)3/h6-8,14-15H,5,9H2,1-4H3. The number of hydrogen-bond acceptors (Lipinski definition) is 2. The summed E-state index contributed by atoms with van der Waals surface area (Å²) in [7, 11) is 0. The topological polar surface area (TPSA) is 32.3 Å². The summed E-state index contributed by atoms with van der Waals surface area (Å²) >= 11 is 0. The van der Waals surface area contributed by atoms with E-state index in [0.717, 1.165) is 17.7 Å². The SMILES string of the molecule is CCNCC(C)(O)c1cc(C)ccc1C. The highest BCUT2D eigenvalue weighted by Gasteiger charge is 2.24. The number of benzene rings is 1. The molecule has 1 rings (SSSR count). The highest BCUT2D eigenvalue weighted by Crippen LogP contribution is 2.24. The molecule has 1 aromatic carbocycles. The van der Waals surface area contributed by atoms with Crippen molar-refractivity contribution in [3.63, 3.8) is 0 Å². The number of hydrogen-bond donors (Lipinski definition) is 2. The van der Waals surface area contributed by atoms with Gasteiger partial charge < -0.3 is 10.4 Å².